The Kier molecular flexibility index (Phi) is 4.12. The predicted molar refractivity (Wildman–Crippen MR) is 82.4 cm³/mol. The first kappa shape index (κ1) is 14.1. The number of hydrogen-bond donors (Lipinski definition) is 0. The zero-order valence-electron chi connectivity index (χ0n) is 11.6. The van der Waals surface area contributed by atoms with Crippen LogP contribution in [0.25, 0.3) is 0 Å². The third-order valence-corrected chi connectivity index (χ3v) is 6.02. The van der Waals surface area contributed by atoms with Crippen molar-refractivity contribution in [1.29, 1.82) is 0 Å². The first-order chi connectivity index (χ1) is 9.63. The Labute approximate surface area is 127 Å². The van der Waals surface area contributed by atoms with Gasteiger partial charge >= 0.3 is 0 Å². The van der Waals surface area contributed by atoms with E-state index in [0.717, 1.165) is 23.7 Å². The number of aromatic nitrogens is 1. The minimum absolute atomic E-state index is 0.126. The summed E-state index contributed by atoms with van der Waals surface area (Å²) in [6.45, 7) is 2.29. The molecule has 2 aliphatic rings. The van der Waals surface area contributed by atoms with Crippen LogP contribution in [0.2, 0.25) is 0 Å². The summed E-state index contributed by atoms with van der Waals surface area (Å²) in [6, 6.07) is 0. The second kappa shape index (κ2) is 5.85. The molecule has 0 bridgehead atoms. The van der Waals surface area contributed by atoms with Gasteiger partial charge in [0.2, 0.25) is 5.91 Å². The van der Waals surface area contributed by atoms with E-state index in [1.807, 2.05) is 4.90 Å². The molecular formula is C14H18N2O2S2. The summed E-state index contributed by atoms with van der Waals surface area (Å²) in [4.78, 5) is 31.0. The fourth-order valence-corrected chi connectivity index (χ4v) is 4.64. The quantitative estimate of drug-likeness (QED) is 0.861. The zero-order valence-corrected chi connectivity index (χ0v) is 13.2. The summed E-state index contributed by atoms with van der Waals surface area (Å²) < 4.78 is 0. The first-order valence-electron chi connectivity index (χ1n) is 7.06. The Morgan fingerprint density at radius 1 is 1.45 bits per heavy atom. The van der Waals surface area contributed by atoms with Crippen LogP contribution in [-0.4, -0.2) is 28.3 Å². The van der Waals surface area contributed by atoms with Crippen LogP contribution in [0.15, 0.2) is 0 Å². The molecule has 1 aliphatic carbocycles. The predicted octanol–water partition coefficient (Wildman–Crippen LogP) is 2.65. The molecule has 0 aromatic carbocycles. The molecule has 1 saturated heterocycles. The lowest BCUT2D eigenvalue weighted by Crippen LogP contribution is -2.24. The lowest BCUT2D eigenvalue weighted by Gasteiger charge is -2.12. The van der Waals surface area contributed by atoms with Gasteiger partial charge in [0.05, 0.1) is 5.69 Å². The Bertz CT molecular complexity index is 518. The molecule has 20 heavy (non-hydrogen) atoms. The molecule has 1 aliphatic heterocycles. The molecule has 6 heteroatoms. The van der Waals surface area contributed by atoms with Gasteiger partial charge in [0.25, 0.3) is 0 Å². The van der Waals surface area contributed by atoms with Crippen molar-refractivity contribution in [2.45, 2.75) is 39.0 Å². The van der Waals surface area contributed by atoms with Gasteiger partial charge in [-0.25, -0.2) is 4.98 Å². The Morgan fingerprint density at radius 2 is 2.25 bits per heavy atom. The Hall–Kier alpha value is -0.880. The minimum atomic E-state index is 0.126. The van der Waals surface area contributed by atoms with E-state index in [1.54, 1.807) is 18.3 Å². The molecule has 1 aromatic rings. The van der Waals surface area contributed by atoms with Crippen molar-refractivity contribution in [2.24, 2.45) is 5.92 Å². The highest BCUT2D eigenvalue weighted by atomic mass is 32.2. The van der Waals surface area contributed by atoms with E-state index >= 15 is 0 Å². The summed E-state index contributed by atoms with van der Waals surface area (Å²) in [5.74, 6) is 1.17. The van der Waals surface area contributed by atoms with E-state index in [4.69, 9.17) is 0 Å². The molecule has 1 atom stereocenters. The average molecular weight is 310 g/mol. The fraction of sp³-hybridized carbons (Fsp3) is 0.643. The number of aryl methyl sites for hydroxylation is 2. The standard InChI is InChI=1S/C14H18N2O2S2/c1-9(17)19-8-10-6-13(18)16(7-10)14-15-11-4-2-3-5-12(11)20-14/h10H,2-8H2,1H3. The number of carbonyl (C=O) groups is 2. The van der Waals surface area contributed by atoms with Gasteiger partial charge in [-0.2, -0.15) is 0 Å². The number of thiazole rings is 1. The second-order valence-corrected chi connectivity index (χ2v) is 7.71. The van der Waals surface area contributed by atoms with Gasteiger partial charge in [-0.1, -0.05) is 11.8 Å². The molecule has 0 spiro atoms. The van der Waals surface area contributed by atoms with Crippen molar-refractivity contribution < 1.29 is 9.59 Å². The Morgan fingerprint density at radius 3 is 3.00 bits per heavy atom. The smallest absolute Gasteiger partial charge is 0.229 e. The summed E-state index contributed by atoms with van der Waals surface area (Å²) >= 11 is 3.00. The topological polar surface area (TPSA) is 50.3 Å². The van der Waals surface area contributed by atoms with Crippen molar-refractivity contribution >= 4 is 39.3 Å². The van der Waals surface area contributed by atoms with Gasteiger partial charge in [0.1, 0.15) is 0 Å². The van der Waals surface area contributed by atoms with Crippen LogP contribution >= 0.6 is 23.1 Å². The molecule has 3 rings (SSSR count). The Balaban J connectivity index is 1.69. The van der Waals surface area contributed by atoms with E-state index in [0.29, 0.717) is 13.0 Å². The van der Waals surface area contributed by atoms with Crippen LogP contribution < -0.4 is 4.90 Å². The van der Waals surface area contributed by atoms with Gasteiger partial charge in [-0.05, 0) is 31.6 Å². The van der Waals surface area contributed by atoms with Crippen molar-refractivity contribution in [1.82, 2.24) is 4.98 Å². The average Bonchev–Trinajstić information content (AvgIpc) is 2.99. The maximum Gasteiger partial charge on any atom is 0.229 e. The summed E-state index contributed by atoms with van der Waals surface area (Å²) in [5, 5.41) is 0.998. The van der Waals surface area contributed by atoms with Crippen LogP contribution in [-0.2, 0) is 22.4 Å². The third-order valence-electron chi connectivity index (χ3n) is 3.79. The van der Waals surface area contributed by atoms with E-state index < -0.39 is 0 Å². The van der Waals surface area contributed by atoms with Gasteiger partial charge in [0, 0.05) is 30.5 Å². The molecule has 1 aromatic heterocycles. The lowest BCUT2D eigenvalue weighted by atomic mass is 10.0. The number of fused-ring (bicyclic) bond motifs is 1. The van der Waals surface area contributed by atoms with Crippen LogP contribution in [0, 0.1) is 5.92 Å². The largest absolute Gasteiger partial charge is 0.288 e. The number of hydrogen-bond acceptors (Lipinski definition) is 5. The SMILES string of the molecule is CC(=O)SCC1CC(=O)N(c2nc3c(s2)CCCC3)C1. The maximum absolute atomic E-state index is 12.1. The monoisotopic (exact) mass is 310 g/mol. The van der Waals surface area contributed by atoms with Crippen LogP contribution in [0.1, 0.15) is 36.8 Å². The van der Waals surface area contributed by atoms with E-state index in [2.05, 4.69) is 4.98 Å². The van der Waals surface area contributed by atoms with E-state index in [9.17, 15) is 9.59 Å². The molecule has 0 radical (unpaired) electrons. The van der Waals surface area contributed by atoms with Gasteiger partial charge in [0.15, 0.2) is 10.2 Å². The van der Waals surface area contributed by atoms with E-state index in [-0.39, 0.29) is 16.9 Å². The zero-order chi connectivity index (χ0) is 14.1. The second-order valence-electron chi connectivity index (χ2n) is 5.45. The fourth-order valence-electron chi connectivity index (χ4n) is 2.77. The van der Waals surface area contributed by atoms with Gasteiger partial charge in [-0.3, -0.25) is 14.5 Å². The molecular weight excluding hydrogens is 292 g/mol. The van der Waals surface area contributed by atoms with Crippen molar-refractivity contribution in [2.75, 3.05) is 17.2 Å². The number of nitrogens with zero attached hydrogens (tertiary/aromatic N) is 2. The maximum atomic E-state index is 12.1. The molecule has 108 valence electrons. The highest BCUT2D eigenvalue weighted by Crippen LogP contribution is 2.35. The van der Waals surface area contributed by atoms with Crippen LogP contribution in [0.5, 0.6) is 0 Å². The summed E-state index contributed by atoms with van der Waals surface area (Å²) in [6.07, 6.45) is 5.16. The first-order valence-corrected chi connectivity index (χ1v) is 8.86. The molecule has 2 heterocycles. The molecule has 0 N–H and O–H groups in total. The number of thioether (sulfide) groups is 1. The van der Waals surface area contributed by atoms with Crippen molar-refractivity contribution in [3.63, 3.8) is 0 Å². The van der Waals surface area contributed by atoms with Gasteiger partial charge in [-0.15, -0.1) is 11.3 Å². The molecule has 0 saturated carbocycles. The normalized spacial score (nSPS) is 22.1. The lowest BCUT2D eigenvalue weighted by molar-refractivity contribution is -0.117. The highest BCUT2D eigenvalue weighted by molar-refractivity contribution is 8.13. The van der Waals surface area contributed by atoms with Crippen LogP contribution in [0.3, 0.4) is 0 Å². The number of amides is 1. The van der Waals surface area contributed by atoms with Crippen molar-refractivity contribution in [3.8, 4) is 0 Å². The number of rotatable bonds is 3. The third kappa shape index (κ3) is 2.91. The molecule has 1 fully saturated rings. The van der Waals surface area contributed by atoms with Crippen molar-refractivity contribution in [3.05, 3.63) is 10.6 Å². The van der Waals surface area contributed by atoms with Gasteiger partial charge < -0.3 is 0 Å². The number of anilines is 1. The molecule has 1 amide bonds. The summed E-state index contributed by atoms with van der Waals surface area (Å²) in [5.41, 5.74) is 1.20. The minimum Gasteiger partial charge on any atom is -0.288 e. The molecule has 4 nitrogen and oxygen atoms in total. The van der Waals surface area contributed by atoms with E-state index in [1.165, 1.54) is 35.2 Å². The highest BCUT2D eigenvalue weighted by Gasteiger charge is 2.33. The number of carbonyl (C=O) groups excluding carboxylic acids is 2. The summed E-state index contributed by atoms with van der Waals surface area (Å²) in [7, 11) is 0. The van der Waals surface area contributed by atoms with Crippen LogP contribution in [0.4, 0.5) is 5.13 Å². The molecule has 1 unspecified atom stereocenters.